The lowest BCUT2D eigenvalue weighted by Crippen LogP contribution is -2.37. The molecule has 0 fully saturated rings. The van der Waals surface area contributed by atoms with Crippen molar-refractivity contribution in [1.29, 1.82) is 0 Å². The SMILES string of the molecule is C/C(=C\c1ccc(N(C)CCO)cc1C)c1cccc[n+]1CCCSSC(C)C/C(=C\c1ccc(N(C)CCO)cc1C)c1ccccn1. The van der Waals surface area contributed by atoms with Crippen molar-refractivity contribution < 1.29 is 14.8 Å². The van der Waals surface area contributed by atoms with Gasteiger partial charge in [0.05, 0.1) is 18.9 Å². The van der Waals surface area contributed by atoms with Gasteiger partial charge < -0.3 is 20.0 Å². The first-order valence-electron chi connectivity index (χ1n) is 17.1. The molecule has 2 aromatic heterocycles. The van der Waals surface area contributed by atoms with Crippen LogP contribution in [0.3, 0.4) is 0 Å². The summed E-state index contributed by atoms with van der Waals surface area (Å²) in [6.45, 7) is 11.3. The summed E-state index contributed by atoms with van der Waals surface area (Å²) in [4.78, 5) is 8.86. The van der Waals surface area contributed by atoms with Crippen molar-refractivity contribution in [1.82, 2.24) is 4.98 Å². The number of rotatable bonds is 18. The van der Waals surface area contributed by atoms with E-state index in [2.05, 4.69) is 127 Å². The maximum absolute atomic E-state index is 9.34. The molecule has 2 aromatic carbocycles. The van der Waals surface area contributed by atoms with Crippen LogP contribution in [-0.2, 0) is 6.54 Å². The van der Waals surface area contributed by atoms with Gasteiger partial charge in [0.2, 0.25) is 5.69 Å². The van der Waals surface area contributed by atoms with Crippen LogP contribution >= 0.6 is 21.6 Å². The van der Waals surface area contributed by atoms with E-state index in [1.54, 1.807) is 0 Å². The molecule has 0 spiro atoms. The van der Waals surface area contributed by atoms with Gasteiger partial charge in [-0.05, 0) is 110 Å². The van der Waals surface area contributed by atoms with Crippen molar-refractivity contribution in [2.45, 2.75) is 52.3 Å². The molecule has 2 heterocycles. The van der Waals surface area contributed by atoms with Crippen LogP contribution in [0.2, 0.25) is 0 Å². The highest BCUT2D eigenvalue weighted by Gasteiger charge is 2.15. The van der Waals surface area contributed by atoms with E-state index in [9.17, 15) is 10.2 Å². The first-order valence-corrected chi connectivity index (χ1v) is 19.5. The zero-order valence-electron chi connectivity index (χ0n) is 30.0. The van der Waals surface area contributed by atoms with Crippen molar-refractivity contribution in [3.8, 4) is 0 Å². The standard InChI is InChI=1S/C41H53N4O2S2/c1-31-27-38(43(5)21-23-46)16-14-35(31)26-33(3)41-13-8-10-19-45(41)20-11-25-48-49-34(4)29-37(40-12-7-9-18-42-40)30-36-15-17-39(28-32(36)2)44(6)22-24-47/h7-10,12-19,26-28,30,34,46-47H,11,20-25,29H2,1-6H3/q+1/b37-30+. The number of benzene rings is 2. The molecule has 8 heteroatoms. The van der Waals surface area contributed by atoms with E-state index in [4.69, 9.17) is 4.98 Å². The van der Waals surface area contributed by atoms with Crippen molar-refractivity contribution in [2.24, 2.45) is 0 Å². The molecule has 1 unspecified atom stereocenters. The van der Waals surface area contributed by atoms with Crippen LogP contribution in [0.5, 0.6) is 0 Å². The molecule has 0 saturated carbocycles. The Hall–Kier alpha value is -3.56. The monoisotopic (exact) mass is 697 g/mol. The Morgan fingerprint density at radius 1 is 0.857 bits per heavy atom. The fourth-order valence-corrected chi connectivity index (χ4v) is 8.16. The molecule has 49 heavy (non-hydrogen) atoms. The molecular weight excluding hydrogens is 645 g/mol. The smallest absolute Gasteiger partial charge is 0.208 e. The Morgan fingerprint density at radius 3 is 2.08 bits per heavy atom. The van der Waals surface area contributed by atoms with Crippen molar-refractivity contribution >= 4 is 56.3 Å². The molecule has 0 aliphatic heterocycles. The number of likely N-dealkylation sites (N-methyl/N-ethyl adjacent to an activating group) is 2. The first kappa shape index (κ1) is 38.2. The second-order valence-electron chi connectivity index (χ2n) is 12.6. The van der Waals surface area contributed by atoms with E-state index in [0.717, 1.165) is 42.2 Å². The quantitative estimate of drug-likeness (QED) is 0.0618. The summed E-state index contributed by atoms with van der Waals surface area (Å²) in [7, 11) is 7.94. The van der Waals surface area contributed by atoms with Crippen molar-refractivity contribution in [3.05, 3.63) is 119 Å². The number of hydrogen-bond donors (Lipinski definition) is 2. The van der Waals surface area contributed by atoms with Gasteiger partial charge in [0.15, 0.2) is 6.20 Å². The minimum Gasteiger partial charge on any atom is -0.395 e. The number of nitrogens with zero attached hydrogens (tertiary/aromatic N) is 4. The molecule has 260 valence electrons. The fourth-order valence-electron chi connectivity index (χ4n) is 5.79. The average molecular weight is 698 g/mol. The van der Waals surface area contributed by atoms with Crippen LogP contribution in [-0.4, -0.2) is 66.6 Å². The number of aromatic nitrogens is 2. The van der Waals surface area contributed by atoms with Gasteiger partial charge in [-0.3, -0.25) is 4.98 Å². The lowest BCUT2D eigenvalue weighted by atomic mass is 9.99. The van der Waals surface area contributed by atoms with Gasteiger partial charge in [-0.15, -0.1) is 0 Å². The summed E-state index contributed by atoms with van der Waals surface area (Å²) in [5.74, 6) is 1.07. The molecule has 0 bridgehead atoms. The average Bonchev–Trinajstić information content (AvgIpc) is 3.10. The van der Waals surface area contributed by atoms with Crippen LogP contribution in [0.1, 0.15) is 60.3 Å². The van der Waals surface area contributed by atoms with Gasteiger partial charge in [0, 0.05) is 79.9 Å². The number of aliphatic hydroxyl groups excluding tert-OH is 2. The van der Waals surface area contributed by atoms with Crippen LogP contribution < -0.4 is 14.4 Å². The fraction of sp³-hybridized carbons (Fsp3) is 0.366. The van der Waals surface area contributed by atoms with Crippen molar-refractivity contribution in [3.63, 3.8) is 0 Å². The second-order valence-corrected chi connectivity index (χ2v) is 15.6. The third kappa shape index (κ3) is 11.5. The van der Waals surface area contributed by atoms with Crippen molar-refractivity contribution in [2.75, 3.05) is 56.0 Å². The zero-order valence-corrected chi connectivity index (χ0v) is 31.6. The lowest BCUT2D eigenvalue weighted by molar-refractivity contribution is -0.699. The third-order valence-corrected chi connectivity index (χ3v) is 11.6. The predicted octanol–water partition coefficient (Wildman–Crippen LogP) is 8.19. The summed E-state index contributed by atoms with van der Waals surface area (Å²) >= 11 is 0. The van der Waals surface area contributed by atoms with E-state index in [1.165, 1.54) is 39.1 Å². The number of hydrogen-bond acceptors (Lipinski definition) is 7. The van der Waals surface area contributed by atoms with E-state index < -0.39 is 0 Å². The minimum absolute atomic E-state index is 0.138. The third-order valence-electron chi connectivity index (χ3n) is 8.67. The van der Waals surface area contributed by atoms with Crippen LogP contribution in [0.25, 0.3) is 23.3 Å². The summed E-state index contributed by atoms with van der Waals surface area (Å²) < 4.78 is 2.37. The molecule has 0 aliphatic rings. The number of allylic oxidation sites excluding steroid dienone is 2. The van der Waals surface area contributed by atoms with E-state index >= 15 is 0 Å². The number of aryl methyl sites for hydroxylation is 3. The molecule has 0 amide bonds. The van der Waals surface area contributed by atoms with Gasteiger partial charge in [0.1, 0.15) is 6.54 Å². The largest absolute Gasteiger partial charge is 0.395 e. The number of aliphatic hydroxyl groups is 2. The topological polar surface area (TPSA) is 63.7 Å². The number of anilines is 2. The second kappa shape index (κ2) is 19.6. The Balaban J connectivity index is 1.35. The van der Waals surface area contributed by atoms with Crippen LogP contribution in [0.4, 0.5) is 11.4 Å². The van der Waals surface area contributed by atoms with Crippen LogP contribution in [0.15, 0.2) is 85.2 Å². The summed E-state index contributed by atoms with van der Waals surface area (Å²) in [6.07, 6.45) is 10.7. The lowest BCUT2D eigenvalue weighted by Gasteiger charge is -2.19. The minimum atomic E-state index is 0.138. The molecule has 1 atom stereocenters. The maximum atomic E-state index is 9.34. The molecular formula is C41H53N4O2S2+. The Bertz CT molecular complexity index is 1690. The van der Waals surface area contributed by atoms with Gasteiger partial charge in [-0.2, -0.15) is 4.57 Å². The van der Waals surface area contributed by atoms with Crippen LogP contribution in [0, 0.1) is 13.8 Å². The molecule has 4 rings (SSSR count). The van der Waals surface area contributed by atoms with E-state index in [1.807, 2.05) is 47.9 Å². The molecule has 0 saturated heterocycles. The van der Waals surface area contributed by atoms with E-state index in [0.29, 0.717) is 18.3 Å². The summed E-state index contributed by atoms with van der Waals surface area (Å²) in [6, 6.07) is 25.6. The van der Waals surface area contributed by atoms with Gasteiger partial charge in [-0.25, -0.2) is 0 Å². The highest BCUT2D eigenvalue weighted by atomic mass is 33.1. The Labute approximate surface area is 302 Å². The molecule has 2 N–H and O–H groups in total. The molecule has 0 aliphatic carbocycles. The van der Waals surface area contributed by atoms with Gasteiger partial charge in [0.25, 0.3) is 0 Å². The zero-order chi connectivity index (χ0) is 35.2. The first-order chi connectivity index (χ1) is 23.7. The highest BCUT2D eigenvalue weighted by molar-refractivity contribution is 8.76. The maximum Gasteiger partial charge on any atom is 0.208 e. The molecule has 0 radical (unpaired) electrons. The summed E-state index contributed by atoms with van der Waals surface area (Å²) in [5.41, 5.74) is 11.8. The Morgan fingerprint density at radius 2 is 1.49 bits per heavy atom. The Kier molecular flexibility index (Phi) is 15.3. The molecule has 6 nitrogen and oxygen atoms in total. The number of pyridine rings is 2. The highest BCUT2D eigenvalue weighted by Crippen LogP contribution is 2.34. The normalized spacial score (nSPS) is 12.7. The summed E-state index contributed by atoms with van der Waals surface area (Å²) in [5, 5.41) is 19.1. The van der Waals surface area contributed by atoms with Gasteiger partial charge in [-0.1, -0.05) is 46.7 Å². The van der Waals surface area contributed by atoms with Gasteiger partial charge >= 0.3 is 0 Å². The predicted molar refractivity (Wildman–Crippen MR) is 214 cm³/mol. The molecule has 4 aromatic rings. The van der Waals surface area contributed by atoms with E-state index in [-0.39, 0.29) is 13.2 Å².